The monoisotopic (exact) mass is 259 g/mol. The van der Waals surface area contributed by atoms with E-state index in [0.717, 1.165) is 6.42 Å². The first-order chi connectivity index (χ1) is 9.16. The van der Waals surface area contributed by atoms with Gasteiger partial charge < -0.3 is 5.32 Å². The summed E-state index contributed by atoms with van der Waals surface area (Å²) in [5.74, 6) is -0.343. The van der Waals surface area contributed by atoms with Gasteiger partial charge in [-0.15, -0.1) is 0 Å². The minimum atomic E-state index is -0.200. The van der Waals surface area contributed by atoms with Gasteiger partial charge in [0, 0.05) is 19.4 Å². The quantitative estimate of drug-likeness (QED) is 0.844. The number of aryl methyl sites for hydroxylation is 1. The van der Waals surface area contributed by atoms with Crippen molar-refractivity contribution < 1.29 is 9.59 Å². The van der Waals surface area contributed by atoms with Gasteiger partial charge in [0.05, 0.1) is 0 Å². The second-order valence-electron chi connectivity index (χ2n) is 4.53. The number of carbonyl (C=O) groups is 2. The molecular weight excluding hydrogens is 242 g/mol. The lowest BCUT2D eigenvalue weighted by atomic mass is 10.1. The Balaban J connectivity index is 1.81. The molecule has 100 valence electrons. The zero-order valence-electron chi connectivity index (χ0n) is 10.9. The molecule has 1 heterocycles. The number of carbonyl (C=O) groups excluding carboxylic acids is 2. The maximum atomic E-state index is 11.8. The van der Waals surface area contributed by atoms with Crippen LogP contribution in [0, 0.1) is 6.92 Å². The predicted octanol–water partition coefficient (Wildman–Crippen LogP) is 0.920. The normalized spacial score (nSPS) is 14.6. The first-order valence-electron chi connectivity index (χ1n) is 6.35. The zero-order valence-corrected chi connectivity index (χ0v) is 10.9. The number of hydrogen-bond donors (Lipinski definition) is 2. The van der Waals surface area contributed by atoms with Crippen LogP contribution in [0.4, 0.5) is 0 Å². The van der Waals surface area contributed by atoms with Gasteiger partial charge in [0.15, 0.2) is 0 Å². The summed E-state index contributed by atoms with van der Waals surface area (Å²) in [5.41, 5.74) is 5.16. The molecule has 1 aromatic carbocycles. The second-order valence-corrected chi connectivity index (χ2v) is 4.53. The highest BCUT2D eigenvalue weighted by Crippen LogP contribution is 2.07. The van der Waals surface area contributed by atoms with Crippen LogP contribution in [0.15, 0.2) is 29.4 Å². The van der Waals surface area contributed by atoms with Crippen molar-refractivity contribution in [2.75, 3.05) is 6.54 Å². The lowest BCUT2D eigenvalue weighted by Gasteiger charge is -2.12. The van der Waals surface area contributed by atoms with Crippen LogP contribution in [0.3, 0.4) is 0 Å². The van der Waals surface area contributed by atoms with Gasteiger partial charge >= 0.3 is 0 Å². The average molecular weight is 259 g/mol. The van der Waals surface area contributed by atoms with Crippen molar-refractivity contribution in [3.63, 3.8) is 0 Å². The van der Waals surface area contributed by atoms with E-state index >= 15 is 0 Å². The van der Waals surface area contributed by atoms with Gasteiger partial charge in [-0.05, 0) is 24.5 Å². The molecule has 0 radical (unpaired) electrons. The highest BCUT2D eigenvalue weighted by atomic mass is 16.2. The molecule has 1 aliphatic heterocycles. The van der Waals surface area contributed by atoms with Crippen LogP contribution in [-0.4, -0.2) is 24.1 Å². The minimum Gasteiger partial charge on any atom is -0.351 e. The molecule has 0 spiro atoms. The predicted molar refractivity (Wildman–Crippen MR) is 72.7 cm³/mol. The number of benzene rings is 1. The molecule has 0 unspecified atom stereocenters. The van der Waals surface area contributed by atoms with Crippen LogP contribution in [-0.2, 0) is 16.0 Å². The Morgan fingerprint density at radius 1 is 1.37 bits per heavy atom. The second kappa shape index (κ2) is 6.13. The molecule has 1 aliphatic rings. The number of rotatable bonds is 4. The van der Waals surface area contributed by atoms with E-state index in [0.29, 0.717) is 25.1 Å². The summed E-state index contributed by atoms with van der Waals surface area (Å²) in [6, 6.07) is 8.10. The van der Waals surface area contributed by atoms with Crippen LogP contribution in [0.1, 0.15) is 24.0 Å². The topological polar surface area (TPSA) is 70.6 Å². The Morgan fingerprint density at radius 2 is 2.16 bits per heavy atom. The van der Waals surface area contributed by atoms with Gasteiger partial charge in [-0.3, -0.25) is 9.59 Å². The van der Waals surface area contributed by atoms with E-state index in [-0.39, 0.29) is 11.8 Å². The number of hydrogen-bond acceptors (Lipinski definition) is 3. The molecule has 0 aromatic heterocycles. The van der Waals surface area contributed by atoms with Crippen molar-refractivity contribution in [3.05, 3.63) is 35.4 Å². The fourth-order valence-corrected chi connectivity index (χ4v) is 1.94. The summed E-state index contributed by atoms with van der Waals surface area (Å²) in [7, 11) is 0. The molecule has 0 atom stereocenters. The number of hydrazone groups is 1. The molecule has 0 fully saturated rings. The Bertz CT molecular complexity index is 523. The van der Waals surface area contributed by atoms with E-state index in [1.165, 1.54) is 11.1 Å². The lowest BCUT2D eigenvalue weighted by Crippen LogP contribution is -2.37. The van der Waals surface area contributed by atoms with Crippen LogP contribution in [0.5, 0.6) is 0 Å². The largest absolute Gasteiger partial charge is 0.351 e. The van der Waals surface area contributed by atoms with Crippen molar-refractivity contribution >= 4 is 17.5 Å². The van der Waals surface area contributed by atoms with Gasteiger partial charge in [-0.1, -0.05) is 24.3 Å². The van der Waals surface area contributed by atoms with Crippen molar-refractivity contribution in [3.8, 4) is 0 Å². The number of amides is 2. The third kappa shape index (κ3) is 3.64. The molecule has 2 N–H and O–H groups in total. The van der Waals surface area contributed by atoms with Crippen molar-refractivity contribution in [1.29, 1.82) is 0 Å². The Kier molecular flexibility index (Phi) is 4.28. The molecule has 5 nitrogen and oxygen atoms in total. The maximum Gasteiger partial charge on any atom is 0.267 e. The minimum absolute atomic E-state index is 0.142. The molecule has 19 heavy (non-hydrogen) atoms. The van der Waals surface area contributed by atoms with Crippen molar-refractivity contribution in [2.45, 2.75) is 26.2 Å². The maximum absolute atomic E-state index is 11.8. The molecule has 2 amide bonds. The standard InChI is InChI=1S/C14H17N3O2/c1-10-4-2-3-5-11(10)8-9-15-14(19)12-6-7-13(18)17-16-12/h2-5H,6-9H2,1H3,(H,15,19)(H,17,18). The van der Waals surface area contributed by atoms with Crippen LogP contribution in [0.25, 0.3) is 0 Å². The van der Waals surface area contributed by atoms with Crippen LogP contribution < -0.4 is 10.7 Å². The Hall–Kier alpha value is -2.17. The first kappa shape index (κ1) is 13.3. The average Bonchev–Trinajstić information content (AvgIpc) is 2.41. The van der Waals surface area contributed by atoms with E-state index in [2.05, 4.69) is 34.9 Å². The van der Waals surface area contributed by atoms with E-state index in [9.17, 15) is 9.59 Å². The summed E-state index contributed by atoms with van der Waals surface area (Å²) in [5, 5.41) is 6.58. The highest BCUT2D eigenvalue weighted by Gasteiger charge is 2.17. The van der Waals surface area contributed by atoms with Crippen LogP contribution >= 0.6 is 0 Å². The molecule has 5 heteroatoms. The number of nitrogens with zero attached hydrogens (tertiary/aromatic N) is 1. The van der Waals surface area contributed by atoms with Gasteiger partial charge in [0.25, 0.3) is 5.91 Å². The van der Waals surface area contributed by atoms with Crippen LogP contribution in [0.2, 0.25) is 0 Å². The summed E-state index contributed by atoms with van der Waals surface area (Å²) in [4.78, 5) is 22.7. The molecule has 0 bridgehead atoms. The van der Waals surface area contributed by atoms with E-state index in [1.54, 1.807) is 0 Å². The van der Waals surface area contributed by atoms with E-state index < -0.39 is 0 Å². The van der Waals surface area contributed by atoms with Gasteiger partial charge in [-0.2, -0.15) is 5.10 Å². The molecule has 0 aliphatic carbocycles. The third-order valence-corrected chi connectivity index (χ3v) is 3.11. The molecule has 1 aromatic rings. The fourth-order valence-electron chi connectivity index (χ4n) is 1.94. The first-order valence-corrected chi connectivity index (χ1v) is 6.35. The van der Waals surface area contributed by atoms with E-state index in [4.69, 9.17) is 0 Å². The van der Waals surface area contributed by atoms with Gasteiger partial charge in [0.1, 0.15) is 5.71 Å². The highest BCUT2D eigenvalue weighted by molar-refractivity contribution is 6.39. The molecular formula is C14H17N3O2. The molecule has 0 saturated carbocycles. The van der Waals surface area contributed by atoms with E-state index in [1.807, 2.05) is 12.1 Å². The van der Waals surface area contributed by atoms with Crippen molar-refractivity contribution in [1.82, 2.24) is 10.7 Å². The fraction of sp³-hybridized carbons (Fsp3) is 0.357. The summed E-state index contributed by atoms with van der Waals surface area (Å²) in [6.07, 6.45) is 1.52. The molecule has 2 rings (SSSR count). The third-order valence-electron chi connectivity index (χ3n) is 3.11. The SMILES string of the molecule is Cc1ccccc1CCNC(=O)C1=NNC(=O)CC1. The lowest BCUT2D eigenvalue weighted by molar-refractivity contribution is -0.121. The van der Waals surface area contributed by atoms with Gasteiger partial charge in [0.2, 0.25) is 5.91 Å². The Morgan fingerprint density at radius 3 is 2.84 bits per heavy atom. The number of nitrogens with one attached hydrogen (secondary N) is 2. The Labute approximate surface area is 112 Å². The molecule has 0 saturated heterocycles. The summed E-state index contributed by atoms with van der Waals surface area (Å²) >= 11 is 0. The van der Waals surface area contributed by atoms with Gasteiger partial charge in [-0.25, -0.2) is 5.43 Å². The smallest absolute Gasteiger partial charge is 0.267 e. The van der Waals surface area contributed by atoms with Crippen molar-refractivity contribution in [2.24, 2.45) is 5.10 Å². The zero-order chi connectivity index (χ0) is 13.7. The summed E-state index contributed by atoms with van der Waals surface area (Å²) in [6.45, 7) is 2.62. The summed E-state index contributed by atoms with van der Waals surface area (Å²) < 4.78 is 0.